The number of aliphatic hydroxyl groups excluding tert-OH is 2. The number of aromatic hydroxyl groups is 1. The number of hydrogen-bond acceptors (Lipinski definition) is 4. The molecule has 1 aromatic rings. The van der Waals surface area contributed by atoms with Crippen LogP contribution in [0.4, 0.5) is 0 Å². The molecule has 0 aromatic heterocycles. The summed E-state index contributed by atoms with van der Waals surface area (Å²) in [6.07, 6.45) is -1.87. The molecular weight excluding hydrogens is 234 g/mol. The molecule has 6 heteroatoms. The molecule has 2 atom stereocenters. The highest BCUT2D eigenvalue weighted by Gasteiger charge is 2.21. The molecule has 0 amide bonds. The number of aliphatic hydroxyl groups is 2. The van der Waals surface area contributed by atoms with Crippen LogP contribution in [0.25, 0.3) is 10.4 Å². The number of phenolic OH excluding ortho intramolecular Hbond substituents is 1. The molecule has 18 heavy (non-hydrogen) atoms. The molecule has 3 N–H and O–H groups in total. The summed E-state index contributed by atoms with van der Waals surface area (Å²) in [6.45, 7) is 3.64. The van der Waals surface area contributed by atoms with Gasteiger partial charge in [-0.2, -0.15) is 0 Å². The summed E-state index contributed by atoms with van der Waals surface area (Å²) in [6, 6.07) is 3.07. The second-order valence-corrected chi connectivity index (χ2v) is 4.25. The highest BCUT2D eigenvalue weighted by atomic mass is 16.3. The summed E-state index contributed by atoms with van der Waals surface area (Å²) >= 11 is 0. The van der Waals surface area contributed by atoms with Crippen molar-refractivity contribution >= 4 is 0 Å². The molecule has 0 fully saturated rings. The molecule has 2 unspecified atom stereocenters. The number of phenols is 1. The SMILES string of the molecule is Cc1cc(O)cc(C)c1C(O)C(O)CCN=[N+]=[N-]. The van der Waals surface area contributed by atoms with Gasteiger partial charge in [0.05, 0.1) is 6.10 Å². The van der Waals surface area contributed by atoms with Gasteiger partial charge in [-0.25, -0.2) is 0 Å². The number of aryl methyl sites for hydroxylation is 2. The van der Waals surface area contributed by atoms with E-state index in [0.717, 1.165) is 0 Å². The Hall–Kier alpha value is -1.75. The normalized spacial score (nSPS) is 13.8. The van der Waals surface area contributed by atoms with E-state index < -0.39 is 12.2 Å². The summed E-state index contributed by atoms with van der Waals surface area (Å²) in [5.41, 5.74) is 10.2. The molecule has 0 saturated carbocycles. The van der Waals surface area contributed by atoms with Gasteiger partial charge in [0.15, 0.2) is 0 Å². The first-order valence-corrected chi connectivity index (χ1v) is 5.64. The predicted molar refractivity (Wildman–Crippen MR) is 67.2 cm³/mol. The van der Waals surface area contributed by atoms with Crippen molar-refractivity contribution in [3.8, 4) is 5.75 Å². The zero-order valence-electron chi connectivity index (χ0n) is 10.4. The Bertz CT molecular complexity index is 447. The van der Waals surface area contributed by atoms with Crippen molar-refractivity contribution in [2.45, 2.75) is 32.5 Å². The Balaban J connectivity index is 2.89. The smallest absolute Gasteiger partial charge is 0.116 e. The van der Waals surface area contributed by atoms with E-state index in [0.29, 0.717) is 16.7 Å². The minimum absolute atomic E-state index is 0.129. The summed E-state index contributed by atoms with van der Waals surface area (Å²) in [5, 5.41) is 32.6. The molecule has 0 aliphatic carbocycles. The van der Waals surface area contributed by atoms with Crippen LogP contribution in [-0.4, -0.2) is 28.0 Å². The molecule has 0 saturated heterocycles. The van der Waals surface area contributed by atoms with E-state index in [1.54, 1.807) is 13.8 Å². The topological polar surface area (TPSA) is 109 Å². The van der Waals surface area contributed by atoms with Gasteiger partial charge < -0.3 is 15.3 Å². The highest BCUT2D eigenvalue weighted by molar-refractivity contribution is 5.42. The van der Waals surface area contributed by atoms with Crippen molar-refractivity contribution in [1.29, 1.82) is 0 Å². The van der Waals surface area contributed by atoms with Gasteiger partial charge in [-0.05, 0) is 54.6 Å². The standard InChI is InChI=1S/C12H17N3O3/c1-7-5-9(16)6-8(2)11(7)12(18)10(17)3-4-14-15-13/h5-6,10,12,16-18H,3-4H2,1-2H3. The van der Waals surface area contributed by atoms with Crippen LogP contribution in [0.1, 0.15) is 29.2 Å². The van der Waals surface area contributed by atoms with Crippen LogP contribution in [0.2, 0.25) is 0 Å². The minimum atomic E-state index is -1.06. The maximum Gasteiger partial charge on any atom is 0.116 e. The largest absolute Gasteiger partial charge is 0.508 e. The van der Waals surface area contributed by atoms with Gasteiger partial charge in [-0.1, -0.05) is 5.11 Å². The fourth-order valence-corrected chi connectivity index (χ4v) is 2.00. The molecule has 1 aromatic carbocycles. The molecule has 0 aliphatic rings. The van der Waals surface area contributed by atoms with Gasteiger partial charge in [0.2, 0.25) is 0 Å². The van der Waals surface area contributed by atoms with Gasteiger partial charge >= 0.3 is 0 Å². The monoisotopic (exact) mass is 251 g/mol. The highest BCUT2D eigenvalue weighted by Crippen LogP contribution is 2.29. The molecule has 0 bridgehead atoms. The first-order valence-electron chi connectivity index (χ1n) is 5.64. The zero-order valence-corrected chi connectivity index (χ0v) is 10.4. The number of nitrogens with zero attached hydrogens (tertiary/aromatic N) is 3. The molecule has 0 spiro atoms. The van der Waals surface area contributed by atoms with Crippen molar-refractivity contribution < 1.29 is 15.3 Å². The van der Waals surface area contributed by atoms with Crippen LogP contribution in [0.3, 0.4) is 0 Å². The van der Waals surface area contributed by atoms with Crippen molar-refractivity contribution in [2.24, 2.45) is 5.11 Å². The average molecular weight is 251 g/mol. The lowest BCUT2D eigenvalue weighted by Gasteiger charge is -2.21. The molecule has 0 radical (unpaired) electrons. The Morgan fingerprint density at radius 3 is 2.33 bits per heavy atom. The number of hydrogen-bond donors (Lipinski definition) is 3. The summed E-state index contributed by atoms with van der Waals surface area (Å²) in [7, 11) is 0. The van der Waals surface area contributed by atoms with E-state index in [-0.39, 0.29) is 18.7 Å². The molecule has 0 aliphatic heterocycles. The predicted octanol–water partition coefficient (Wildman–Crippen LogP) is 2.10. The second-order valence-electron chi connectivity index (χ2n) is 4.25. The Kier molecular flexibility index (Phi) is 4.97. The number of azide groups is 1. The van der Waals surface area contributed by atoms with E-state index in [2.05, 4.69) is 10.0 Å². The third-order valence-electron chi connectivity index (χ3n) is 2.83. The van der Waals surface area contributed by atoms with Crippen molar-refractivity contribution in [2.75, 3.05) is 6.54 Å². The van der Waals surface area contributed by atoms with E-state index in [1.165, 1.54) is 12.1 Å². The average Bonchev–Trinajstić information content (AvgIpc) is 2.27. The molecule has 0 heterocycles. The Morgan fingerprint density at radius 1 is 1.28 bits per heavy atom. The van der Waals surface area contributed by atoms with E-state index in [9.17, 15) is 15.3 Å². The quantitative estimate of drug-likeness (QED) is 0.423. The van der Waals surface area contributed by atoms with Crippen molar-refractivity contribution in [1.82, 2.24) is 0 Å². The van der Waals surface area contributed by atoms with E-state index >= 15 is 0 Å². The van der Waals surface area contributed by atoms with Crippen LogP contribution in [0.15, 0.2) is 17.2 Å². The van der Waals surface area contributed by atoms with Gasteiger partial charge in [-0.15, -0.1) is 0 Å². The van der Waals surface area contributed by atoms with Crippen LogP contribution in [0.5, 0.6) is 5.75 Å². The fourth-order valence-electron chi connectivity index (χ4n) is 2.00. The second kappa shape index (κ2) is 6.26. The number of benzene rings is 1. The van der Waals surface area contributed by atoms with Crippen LogP contribution in [0, 0.1) is 13.8 Å². The van der Waals surface area contributed by atoms with Gasteiger partial charge in [-0.3, -0.25) is 0 Å². The lowest BCUT2D eigenvalue weighted by atomic mass is 9.93. The summed E-state index contributed by atoms with van der Waals surface area (Å²) in [5.74, 6) is 0.129. The minimum Gasteiger partial charge on any atom is -0.508 e. The lowest BCUT2D eigenvalue weighted by molar-refractivity contribution is 0.0143. The van der Waals surface area contributed by atoms with Gasteiger partial charge in [0, 0.05) is 11.5 Å². The van der Waals surface area contributed by atoms with Gasteiger partial charge in [0.25, 0.3) is 0 Å². The third-order valence-corrected chi connectivity index (χ3v) is 2.83. The third kappa shape index (κ3) is 3.37. The molecule has 1 rings (SSSR count). The summed E-state index contributed by atoms with van der Waals surface area (Å²) in [4.78, 5) is 2.59. The summed E-state index contributed by atoms with van der Waals surface area (Å²) < 4.78 is 0. The van der Waals surface area contributed by atoms with Crippen LogP contribution < -0.4 is 0 Å². The molecule has 98 valence electrons. The first kappa shape index (κ1) is 14.3. The maximum absolute atomic E-state index is 10.1. The van der Waals surface area contributed by atoms with Crippen molar-refractivity contribution in [3.63, 3.8) is 0 Å². The van der Waals surface area contributed by atoms with Crippen LogP contribution in [-0.2, 0) is 0 Å². The fraction of sp³-hybridized carbons (Fsp3) is 0.500. The first-order chi connectivity index (χ1) is 8.47. The maximum atomic E-state index is 10.1. The van der Waals surface area contributed by atoms with E-state index in [1.807, 2.05) is 0 Å². The van der Waals surface area contributed by atoms with Crippen LogP contribution >= 0.6 is 0 Å². The van der Waals surface area contributed by atoms with Crippen molar-refractivity contribution in [3.05, 3.63) is 39.3 Å². The lowest BCUT2D eigenvalue weighted by Crippen LogP contribution is -2.20. The Morgan fingerprint density at radius 2 is 1.83 bits per heavy atom. The molecular formula is C12H17N3O3. The number of rotatable bonds is 5. The van der Waals surface area contributed by atoms with E-state index in [4.69, 9.17) is 5.53 Å². The zero-order chi connectivity index (χ0) is 13.7. The van der Waals surface area contributed by atoms with Gasteiger partial charge in [0.1, 0.15) is 11.9 Å². The Labute approximate surface area is 105 Å². The molecule has 6 nitrogen and oxygen atoms in total.